The van der Waals surface area contributed by atoms with Crippen LogP contribution in [0.3, 0.4) is 0 Å². The molecule has 0 aliphatic heterocycles. The van der Waals surface area contributed by atoms with Crippen LogP contribution >= 0.6 is 15.9 Å². The second-order valence-electron chi connectivity index (χ2n) is 2.97. The molecule has 0 fully saturated rings. The van der Waals surface area contributed by atoms with E-state index in [1.165, 1.54) is 0 Å². The highest BCUT2D eigenvalue weighted by atomic mass is 79.9. The summed E-state index contributed by atoms with van der Waals surface area (Å²) in [5.41, 5.74) is 2.12. The van der Waals surface area contributed by atoms with Crippen molar-refractivity contribution < 1.29 is 4.39 Å². The molecule has 0 heterocycles. The molecule has 1 rings (SSSR count). The van der Waals surface area contributed by atoms with Gasteiger partial charge in [-0.1, -0.05) is 6.92 Å². The molecule has 0 radical (unpaired) electrons. The predicted molar refractivity (Wildman–Crippen MR) is 56.2 cm³/mol. The van der Waals surface area contributed by atoms with Crippen molar-refractivity contribution in [3.63, 3.8) is 0 Å². The smallest absolute Gasteiger partial charge is 0.137 e. The minimum atomic E-state index is -0.196. The van der Waals surface area contributed by atoms with Gasteiger partial charge < -0.3 is 5.32 Å². The molecule has 0 atom stereocenters. The highest BCUT2D eigenvalue weighted by molar-refractivity contribution is 9.10. The van der Waals surface area contributed by atoms with Gasteiger partial charge in [0.2, 0.25) is 0 Å². The summed E-state index contributed by atoms with van der Waals surface area (Å²) < 4.78 is 13.6. The molecule has 0 spiro atoms. The molecule has 13 heavy (non-hydrogen) atoms. The van der Waals surface area contributed by atoms with Crippen LogP contribution in [-0.4, -0.2) is 6.54 Å². The molecule has 0 aliphatic rings. The molecule has 0 amide bonds. The molecule has 0 saturated carbocycles. The van der Waals surface area contributed by atoms with E-state index in [1.54, 1.807) is 6.07 Å². The van der Waals surface area contributed by atoms with Crippen molar-refractivity contribution >= 4 is 15.9 Å². The average molecular weight is 246 g/mol. The molecule has 1 nitrogen and oxygen atoms in total. The zero-order chi connectivity index (χ0) is 9.84. The van der Waals surface area contributed by atoms with Crippen LogP contribution in [0.15, 0.2) is 16.6 Å². The third-order valence-electron chi connectivity index (χ3n) is 1.94. The maximum absolute atomic E-state index is 13.1. The first kappa shape index (κ1) is 10.7. The number of hydrogen-bond donors (Lipinski definition) is 1. The fourth-order valence-corrected chi connectivity index (χ4v) is 1.60. The Morgan fingerprint density at radius 2 is 2.15 bits per heavy atom. The third-order valence-corrected chi connectivity index (χ3v) is 2.55. The summed E-state index contributed by atoms with van der Waals surface area (Å²) in [6.45, 7) is 5.64. The van der Waals surface area contributed by atoms with Gasteiger partial charge in [0, 0.05) is 6.54 Å². The maximum Gasteiger partial charge on any atom is 0.137 e. The molecule has 3 heteroatoms. The minimum absolute atomic E-state index is 0.196. The molecule has 0 saturated heterocycles. The van der Waals surface area contributed by atoms with Crippen molar-refractivity contribution in [1.82, 2.24) is 5.32 Å². The van der Waals surface area contributed by atoms with Crippen molar-refractivity contribution in [1.29, 1.82) is 0 Å². The standard InChI is InChI=1S/C10H13BrFN/c1-3-13-6-8-5-10(12)9(11)4-7(8)2/h4-5,13H,3,6H2,1-2H3. The Labute approximate surface area is 86.5 Å². The fourth-order valence-electron chi connectivity index (χ4n) is 1.14. The highest BCUT2D eigenvalue weighted by Crippen LogP contribution is 2.20. The van der Waals surface area contributed by atoms with Crippen LogP contribution < -0.4 is 5.32 Å². The number of aryl methyl sites for hydroxylation is 1. The van der Waals surface area contributed by atoms with Crippen molar-refractivity contribution in [3.05, 3.63) is 33.5 Å². The zero-order valence-corrected chi connectivity index (χ0v) is 9.41. The van der Waals surface area contributed by atoms with E-state index in [4.69, 9.17) is 0 Å². The Kier molecular flexibility index (Phi) is 3.88. The Bertz CT molecular complexity index is 299. The topological polar surface area (TPSA) is 12.0 Å². The molecular formula is C10H13BrFN. The lowest BCUT2D eigenvalue weighted by atomic mass is 10.1. The molecule has 0 aromatic heterocycles. The zero-order valence-electron chi connectivity index (χ0n) is 7.82. The number of rotatable bonds is 3. The largest absolute Gasteiger partial charge is 0.313 e. The first-order valence-electron chi connectivity index (χ1n) is 4.30. The van der Waals surface area contributed by atoms with Gasteiger partial charge in [0.1, 0.15) is 5.82 Å². The lowest BCUT2D eigenvalue weighted by molar-refractivity contribution is 0.614. The summed E-state index contributed by atoms with van der Waals surface area (Å²) in [4.78, 5) is 0. The van der Waals surface area contributed by atoms with Crippen molar-refractivity contribution in [2.24, 2.45) is 0 Å². The first-order chi connectivity index (χ1) is 6.15. The van der Waals surface area contributed by atoms with E-state index >= 15 is 0 Å². The third kappa shape index (κ3) is 2.78. The van der Waals surface area contributed by atoms with E-state index in [9.17, 15) is 4.39 Å². The quantitative estimate of drug-likeness (QED) is 0.864. The Morgan fingerprint density at radius 1 is 1.46 bits per heavy atom. The van der Waals surface area contributed by atoms with Gasteiger partial charge in [-0.25, -0.2) is 4.39 Å². The average Bonchev–Trinajstić information content (AvgIpc) is 2.09. The van der Waals surface area contributed by atoms with Crippen LogP contribution in [0.4, 0.5) is 4.39 Å². The number of hydrogen-bond acceptors (Lipinski definition) is 1. The van der Waals surface area contributed by atoms with E-state index in [0.29, 0.717) is 4.47 Å². The number of nitrogens with one attached hydrogen (secondary N) is 1. The SMILES string of the molecule is CCNCc1cc(F)c(Br)cc1C. The number of halogens is 2. The molecular weight excluding hydrogens is 233 g/mol. The highest BCUT2D eigenvalue weighted by Gasteiger charge is 2.04. The van der Waals surface area contributed by atoms with Crippen LogP contribution in [0.2, 0.25) is 0 Å². The van der Waals surface area contributed by atoms with Gasteiger partial charge in [0.15, 0.2) is 0 Å². The molecule has 0 bridgehead atoms. The van der Waals surface area contributed by atoms with E-state index < -0.39 is 0 Å². The summed E-state index contributed by atoms with van der Waals surface area (Å²) in [7, 11) is 0. The van der Waals surface area contributed by atoms with Gasteiger partial charge in [-0.3, -0.25) is 0 Å². The summed E-state index contributed by atoms with van der Waals surface area (Å²) >= 11 is 3.15. The van der Waals surface area contributed by atoms with Gasteiger partial charge in [-0.2, -0.15) is 0 Å². The normalized spacial score (nSPS) is 10.5. The first-order valence-corrected chi connectivity index (χ1v) is 5.09. The predicted octanol–water partition coefficient (Wildman–Crippen LogP) is 3.01. The van der Waals surface area contributed by atoms with Gasteiger partial charge in [0.25, 0.3) is 0 Å². The van der Waals surface area contributed by atoms with Crippen LogP contribution in [0.5, 0.6) is 0 Å². The monoisotopic (exact) mass is 245 g/mol. The number of benzene rings is 1. The second kappa shape index (κ2) is 4.72. The van der Waals surface area contributed by atoms with Gasteiger partial charge in [-0.15, -0.1) is 0 Å². The van der Waals surface area contributed by atoms with Crippen LogP contribution in [0, 0.1) is 12.7 Å². The second-order valence-corrected chi connectivity index (χ2v) is 3.83. The molecule has 0 unspecified atom stereocenters. The fraction of sp³-hybridized carbons (Fsp3) is 0.400. The molecule has 1 N–H and O–H groups in total. The van der Waals surface area contributed by atoms with Gasteiger partial charge in [-0.05, 0) is 52.7 Å². The Hall–Kier alpha value is -0.410. The lowest BCUT2D eigenvalue weighted by Gasteiger charge is -2.07. The summed E-state index contributed by atoms with van der Waals surface area (Å²) in [6.07, 6.45) is 0. The van der Waals surface area contributed by atoms with Crippen LogP contribution in [0.1, 0.15) is 18.1 Å². The van der Waals surface area contributed by atoms with E-state index in [2.05, 4.69) is 21.2 Å². The summed E-state index contributed by atoms with van der Waals surface area (Å²) in [6, 6.07) is 3.38. The van der Waals surface area contributed by atoms with Crippen LogP contribution in [-0.2, 0) is 6.54 Å². The Morgan fingerprint density at radius 3 is 2.77 bits per heavy atom. The van der Waals surface area contributed by atoms with E-state index in [-0.39, 0.29) is 5.82 Å². The molecule has 72 valence electrons. The molecule has 1 aromatic rings. The molecule has 0 aliphatic carbocycles. The van der Waals surface area contributed by atoms with Gasteiger partial charge >= 0.3 is 0 Å². The van der Waals surface area contributed by atoms with Gasteiger partial charge in [0.05, 0.1) is 4.47 Å². The van der Waals surface area contributed by atoms with E-state index in [1.807, 2.05) is 19.9 Å². The maximum atomic E-state index is 13.1. The molecule has 1 aromatic carbocycles. The Balaban J connectivity index is 2.88. The van der Waals surface area contributed by atoms with Crippen molar-refractivity contribution in [3.8, 4) is 0 Å². The lowest BCUT2D eigenvalue weighted by Crippen LogP contribution is -2.12. The summed E-state index contributed by atoms with van der Waals surface area (Å²) in [5.74, 6) is -0.196. The summed E-state index contributed by atoms with van der Waals surface area (Å²) in [5, 5.41) is 3.17. The van der Waals surface area contributed by atoms with Crippen molar-refractivity contribution in [2.75, 3.05) is 6.54 Å². The van der Waals surface area contributed by atoms with Crippen LogP contribution in [0.25, 0.3) is 0 Å². The van der Waals surface area contributed by atoms with Crippen molar-refractivity contribution in [2.45, 2.75) is 20.4 Å². The van der Waals surface area contributed by atoms with E-state index in [0.717, 1.165) is 24.2 Å². The minimum Gasteiger partial charge on any atom is -0.313 e.